The van der Waals surface area contributed by atoms with Crippen molar-refractivity contribution in [2.45, 2.75) is 13.8 Å². The van der Waals surface area contributed by atoms with Gasteiger partial charge in [0.05, 0.1) is 17.7 Å². The van der Waals surface area contributed by atoms with Crippen molar-refractivity contribution in [3.05, 3.63) is 64.1 Å². The number of aryl methyl sites for hydroxylation is 1. The van der Waals surface area contributed by atoms with Gasteiger partial charge in [-0.15, -0.1) is 0 Å². The molecule has 1 amide bonds. The topological polar surface area (TPSA) is 78.8 Å². The first-order valence-electron chi connectivity index (χ1n) is 7.80. The average Bonchev–Trinajstić information content (AvgIpc) is 2.56. The van der Waals surface area contributed by atoms with Crippen LogP contribution < -0.4 is 9.73 Å². The van der Waals surface area contributed by atoms with E-state index in [0.29, 0.717) is 11.4 Å². The second-order valence-electron chi connectivity index (χ2n) is 5.85. The highest BCUT2D eigenvalue weighted by atomic mass is 79.9. The van der Waals surface area contributed by atoms with E-state index in [4.69, 9.17) is 0 Å². The Labute approximate surface area is 162 Å². The summed E-state index contributed by atoms with van der Waals surface area (Å²) >= 11 is 3.38. The van der Waals surface area contributed by atoms with E-state index >= 15 is 0 Å². The van der Waals surface area contributed by atoms with E-state index in [1.165, 1.54) is 0 Å². The zero-order valence-electron chi connectivity index (χ0n) is 14.7. The molecule has 0 saturated heterocycles. The minimum atomic E-state index is -3.61. The quantitative estimate of drug-likeness (QED) is 0.556. The van der Waals surface area contributed by atoms with Gasteiger partial charge >= 0.3 is 0 Å². The average molecular weight is 438 g/mol. The SMILES string of the molecule is C/C(=N/NC(=O)CN(c1cccc(C)c1)S(C)(=O)=O)c1cccc(Br)c1. The molecule has 2 aromatic rings. The number of sulfonamides is 1. The molecule has 138 valence electrons. The fraction of sp³-hybridized carbons (Fsp3) is 0.222. The van der Waals surface area contributed by atoms with Crippen molar-refractivity contribution >= 4 is 43.3 Å². The molecular weight excluding hydrogens is 418 g/mol. The number of amides is 1. The molecule has 0 aromatic heterocycles. The van der Waals surface area contributed by atoms with Gasteiger partial charge in [0.2, 0.25) is 10.0 Å². The van der Waals surface area contributed by atoms with E-state index in [1.807, 2.05) is 37.3 Å². The number of anilines is 1. The molecule has 0 radical (unpaired) electrons. The van der Waals surface area contributed by atoms with Crippen molar-refractivity contribution in [3.63, 3.8) is 0 Å². The summed E-state index contributed by atoms with van der Waals surface area (Å²) in [6.45, 7) is 3.27. The van der Waals surface area contributed by atoms with Crippen molar-refractivity contribution in [3.8, 4) is 0 Å². The van der Waals surface area contributed by atoms with E-state index in [0.717, 1.165) is 26.2 Å². The van der Waals surface area contributed by atoms with Crippen LogP contribution in [0.3, 0.4) is 0 Å². The van der Waals surface area contributed by atoms with Crippen molar-refractivity contribution in [2.75, 3.05) is 17.1 Å². The summed E-state index contributed by atoms with van der Waals surface area (Å²) in [5, 5.41) is 4.06. The van der Waals surface area contributed by atoms with Crippen molar-refractivity contribution in [2.24, 2.45) is 5.10 Å². The highest BCUT2D eigenvalue weighted by Crippen LogP contribution is 2.18. The first-order valence-corrected chi connectivity index (χ1v) is 10.4. The molecule has 0 bridgehead atoms. The maximum atomic E-state index is 12.2. The largest absolute Gasteiger partial charge is 0.271 e. The fourth-order valence-corrected chi connectivity index (χ4v) is 3.52. The minimum Gasteiger partial charge on any atom is -0.271 e. The van der Waals surface area contributed by atoms with Gasteiger partial charge in [-0.2, -0.15) is 5.10 Å². The Kier molecular flexibility index (Phi) is 6.55. The lowest BCUT2D eigenvalue weighted by Crippen LogP contribution is -2.39. The minimum absolute atomic E-state index is 0.350. The van der Waals surface area contributed by atoms with E-state index in [1.54, 1.807) is 25.1 Å². The number of carbonyl (C=O) groups is 1. The van der Waals surface area contributed by atoms with Gasteiger partial charge in [0.15, 0.2) is 0 Å². The fourth-order valence-electron chi connectivity index (χ4n) is 2.27. The van der Waals surface area contributed by atoms with Crippen LogP contribution in [0.15, 0.2) is 58.1 Å². The third-order valence-electron chi connectivity index (χ3n) is 3.57. The van der Waals surface area contributed by atoms with Crippen molar-refractivity contribution in [1.29, 1.82) is 0 Å². The number of nitrogens with one attached hydrogen (secondary N) is 1. The highest BCUT2D eigenvalue weighted by molar-refractivity contribution is 9.10. The molecule has 0 heterocycles. The Bertz CT molecular complexity index is 942. The number of hydrazone groups is 1. The van der Waals surface area contributed by atoms with Gasteiger partial charge in [-0.05, 0) is 49.2 Å². The summed E-state index contributed by atoms with van der Waals surface area (Å²) in [5.74, 6) is -0.522. The van der Waals surface area contributed by atoms with Crippen LogP contribution in [0.1, 0.15) is 18.1 Å². The van der Waals surface area contributed by atoms with Crippen LogP contribution in [-0.4, -0.2) is 32.8 Å². The summed E-state index contributed by atoms with van der Waals surface area (Å²) in [7, 11) is -3.61. The number of benzene rings is 2. The lowest BCUT2D eigenvalue weighted by atomic mass is 10.1. The molecule has 26 heavy (non-hydrogen) atoms. The zero-order chi connectivity index (χ0) is 19.3. The summed E-state index contributed by atoms with van der Waals surface area (Å²) in [5.41, 5.74) is 5.22. The number of nitrogens with zero attached hydrogens (tertiary/aromatic N) is 2. The number of hydrogen-bond donors (Lipinski definition) is 1. The summed E-state index contributed by atoms with van der Waals surface area (Å²) in [6.07, 6.45) is 1.07. The summed E-state index contributed by atoms with van der Waals surface area (Å²) < 4.78 is 26.1. The molecule has 0 fully saturated rings. The Balaban J connectivity index is 2.14. The molecule has 0 unspecified atom stereocenters. The van der Waals surface area contributed by atoms with Gasteiger partial charge < -0.3 is 0 Å². The lowest BCUT2D eigenvalue weighted by molar-refractivity contribution is -0.119. The van der Waals surface area contributed by atoms with Crippen LogP contribution in [0.4, 0.5) is 5.69 Å². The number of carbonyl (C=O) groups excluding carboxylic acids is 1. The van der Waals surface area contributed by atoms with E-state index < -0.39 is 15.9 Å². The third-order valence-corrected chi connectivity index (χ3v) is 5.20. The Hall–Kier alpha value is -2.19. The Morgan fingerprint density at radius 3 is 2.50 bits per heavy atom. The van der Waals surface area contributed by atoms with Gasteiger partial charge in [-0.25, -0.2) is 13.8 Å². The van der Waals surface area contributed by atoms with Crippen LogP contribution in [0.2, 0.25) is 0 Å². The first-order chi connectivity index (χ1) is 12.2. The summed E-state index contributed by atoms with van der Waals surface area (Å²) in [6, 6.07) is 14.5. The Morgan fingerprint density at radius 1 is 1.19 bits per heavy atom. The van der Waals surface area contributed by atoms with Gasteiger partial charge in [0.25, 0.3) is 5.91 Å². The summed E-state index contributed by atoms with van der Waals surface area (Å²) in [4.78, 5) is 12.2. The van der Waals surface area contributed by atoms with Gasteiger partial charge in [0.1, 0.15) is 6.54 Å². The molecule has 0 atom stereocenters. The molecule has 0 aliphatic heterocycles. The van der Waals surface area contributed by atoms with E-state index in [9.17, 15) is 13.2 Å². The number of rotatable bonds is 6. The molecule has 0 aliphatic carbocycles. The first kappa shape index (κ1) is 20.1. The molecule has 0 aliphatic rings. The van der Waals surface area contributed by atoms with Gasteiger partial charge in [-0.1, -0.05) is 40.2 Å². The number of hydrogen-bond acceptors (Lipinski definition) is 4. The molecule has 0 spiro atoms. The molecule has 2 rings (SSSR count). The van der Waals surface area contributed by atoms with Gasteiger partial charge in [-0.3, -0.25) is 9.10 Å². The molecule has 8 heteroatoms. The van der Waals surface area contributed by atoms with E-state index in [2.05, 4.69) is 26.5 Å². The predicted molar refractivity (Wildman–Crippen MR) is 108 cm³/mol. The lowest BCUT2D eigenvalue weighted by Gasteiger charge is -2.21. The van der Waals surface area contributed by atoms with Gasteiger partial charge in [0, 0.05) is 4.47 Å². The predicted octanol–water partition coefficient (Wildman–Crippen LogP) is 3.06. The van der Waals surface area contributed by atoms with Crippen LogP contribution in [0, 0.1) is 6.92 Å². The van der Waals surface area contributed by atoms with Crippen molar-refractivity contribution < 1.29 is 13.2 Å². The molecule has 2 aromatic carbocycles. The molecule has 0 saturated carbocycles. The highest BCUT2D eigenvalue weighted by Gasteiger charge is 2.20. The van der Waals surface area contributed by atoms with E-state index in [-0.39, 0.29) is 6.54 Å². The smallest absolute Gasteiger partial charge is 0.260 e. The van der Waals surface area contributed by atoms with Crippen LogP contribution in [0.5, 0.6) is 0 Å². The molecule has 6 nitrogen and oxygen atoms in total. The normalized spacial score (nSPS) is 11.9. The second kappa shape index (κ2) is 8.46. The maximum absolute atomic E-state index is 12.2. The monoisotopic (exact) mass is 437 g/mol. The van der Waals surface area contributed by atoms with Crippen molar-refractivity contribution in [1.82, 2.24) is 5.43 Å². The Morgan fingerprint density at radius 2 is 1.88 bits per heavy atom. The second-order valence-corrected chi connectivity index (χ2v) is 8.67. The zero-order valence-corrected chi connectivity index (χ0v) is 17.1. The third kappa shape index (κ3) is 5.67. The van der Waals surface area contributed by atoms with Crippen LogP contribution >= 0.6 is 15.9 Å². The standard InChI is InChI=1S/C18H20BrN3O3S/c1-13-6-4-9-17(10-13)22(26(3,24)25)12-18(23)21-20-14(2)15-7-5-8-16(19)11-15/h4-11H,12H2,1-3H3,(H,21,23)/b20-14-. The molecular formula is C18H20BrN3O3S. The van der Waals surface area contributed by atoms with Crippen LogP contribution in [0.25, 0.3) is 0 Å². The maximum Gasteiger partial charge on any atom is 0.260 e. The molecule has 1 N–H and O–H groups in total. The number of halogens is 1. The van der Waals surface area contributed by atoms with Crippen LogP contribution in [-0.2, 0) is 14.8 Å².